The number of rotatable bonds is 8. The molecule has 8 nitrogen and oxygen atoms in total. The van der Waals surface area contributed by atoms with Crippen molar-refractivity contribution in [2.75, 3.05) is 20.3 Å². The number of hydrogen-bond donors (Lipinski definition) is 6. The lowest BCUT2D eigenvalue weighted by molar-refractivity contribution is -0.513. The van der Waals surface area contributed by atoms with Gasteiger partial charge < -0.3 is 25.7 Å². The lowest BCUT2D eigenvalue weighted by Gasteiger charge is -2.60. The molecule has 5 rings (SSSR count). The van der Waals surface area contributed by atoms with Crippen LogP contribution in [0.5, 0.6) is 0 Å². The number of ether oxygens (including phenoxy) is 1. The fourth-order valence-electron chi connectivity index (χ4n) is 8.66. The average molecular weight is 569 g/mol. The monoisotopic (exact) mass is 568 g/mol. The quantitative estimate of drug-likeness (QED) is 0.124. The fraction of sp³-hybridized carbons (Fsp3) is 0.581. The smallest absolute Gasteiger partial charge is 0.251 e. The highest BCUT2D eigenvalue weighted by atomic mass is 32.1. The van der Waals surface area contributed by atoms with Crippen molar-refractivity contribution in [2.45, 2.75) is 64.1 Å². The van der Waals surface area contributed by atoms with Crippen LogP contribution in [-0.2, 0) is 9.53 Å². The van der Waals surface area contributed by atoms with Crippen molar-refractivity contribution in [3.05, 3.63) is 52.7 Å². The van der Waals surface area contributed by atoms with Crippen LogP contribution in [0.3, 0.4) is 0 Å². The van der Waals surface area contributed by atoms with Gasteiger partial charge in [0.1, 0.15) is 17.0 Å². The summed E-state index contributed by atoms with van der Waals surface area (Å²) in [5.41, 5.74) is 2.08. The number of aliphatic hydroxyl groups excluding tert-OH is 1. The van der Waals surface area contributed by atoms with Gasteiger partial charge in [0.15, 0.2) is 0 Å². The van der Waals surface area contributed by atoms with Crippen LogP contribution in [0.2, 0.25) is 0 Å². The van der Waals surface area contributed by atoms with Crippen molar-refractivity contribution >= 4 is 35.6 Å². The maximum absolute atomic E-state index is 12.6. The minimum absolute atomic E-state index is 0.0152. The van der Waals surface area contributed by atoms with Crippen molar-refractivity contribution in [1.82, 2.24) is 5.32 Å². The number of amides is 1. The first-order chi connectivity index (χ1) is 19.0. The molecule has 0 bridgehead atoms. The Balaban J connectivity index is 1.40. The van der Waals surface area contributed by atoms with E-state index in [9.17, 15) is 19.8 Å². The van der Waals surface area contributed by atoms with Gasteiger partial charge in [0, 0.05) is 42.5 Å². The summed E-state index contributed by atoms with van der Waals surface area (Å²) in [4.78, 5) is 25.0. The highest BCUT2D eigenvalue weighted by Crippen LogP contribution is 2.68. The molecule has 6 N–H and O–H groups in total. The summed E-state index contributed by atoms with van der Waals surface area (Å²) in [5.74, 6) is 0.152. The van der Waals surface area contributed by atoms with Gasteiger partial charge in [0.2, 0.25) is 5.12 Å². The number of quaternary nitrogens is 1. The van der Waals surface area contributed by atoms with Gasteiger partial charge in [-0.2, -0.15) is 0 Å². The van der Waals surface area contributed by atoms with E-state index in [0.717, 1.165) is 36.2 Å². The molecule has 0 aromatic heterocycles. The first-order valence-corrected chi connectivity index (χ1v) is 14.7. The highest BCUT2D eigenvalue weighted by molar-refractivity contribution is 7.96. The number of hydrogen-bond acceptors (Lipinski definition) is 6. The van der Waals surface area contributed by atoms with E-state index in [-0.39, 0.29) is 29.1 Å². The Hall–Kier alpha value is -2.30. The molecular weight excluding hydrogens is 526 g/mol. The largest absolute Gasteiger partial charge is 0.393 e. The molecular formula is C31H42N3O5S+. The maximum atomic E-state index is 12.6. The molecule has 9 heteroatoms. The highest BCUT2D eigenvalue weighted by Gasteiger charge is 2.68. The molecule has 0 heterocycles. The van der Waals surface area contributed by atoms with Gasteiger partial charge in [-0.15, -0.1) is 12.6 Å². The Morgan fingerprint density at radius 1 is 1.30 bits per heavy atom. The molecule has 1 aromatic rings. The number of carbonyl (C=O) groups excluding carboxylic acids is 2. The minimum atomic E-state index is -1.51. The van der Waals surface area contributed by atoms with Crippen LogP contribution >= 0.6 is 12.6 Å². The number of carbonyl (C=O) groups is 2. The Labute approximate surface area is 241 Å². The van der Waals surface area contributed by atoms with E-state index in [1.807, 2.05) is 30.4 Å². The number of thiol groups is 1. The summed E-state index contributed by atoms with van der Waals surface area (Å²) in [6.45, 7) is 5.08. The second kappa shape index (κ2) is 10.8. The molecule has 40 heavy (non-hydrogen) atoms. The summed E-state index contributed by atoms with van der Waals surface area (Å²) in [6.07, 6.45) is 6.86. The van der Waals surface area contributed by atoms with Crippen LogP contribution in [0.1, 0.15) is 62.7 Å². The van der Waals surface area contributed by atoms with Crippen LogP contribution < -0.4 is 10.6 Å². The molecule has 1 amide bonds. The summed E-state index contributed by atoms with van der Waals surface area (Å²) in [6, 6.07) is 7.46. The molecule has 0 aliphatic heterocycles. The second-order valence-electron chi connectivity index (χ2n) is 12.6. The minimum Gasteiger partial charge on any atom is -0.393 e. The Morgan fingerprint density at radius 2 is 2.08 bits per heavy atom. The van der Waals surface area contributed by atoms with Gasteiger partial charge in [-0.05, 0) is 79.9 Å². The van der Waals surface area contributed by atoms with Crippen molar-refractivity contribution in [1.29, 1.82) is 5.41 Å². The zero-order chi connectivity index (χ0) is 28.9. The van der Waals surface area contributed by atoms with E-state index in [4.69, 9.17) is 10.1 Å². The third-order valence-corrected chi connectivity index (χ3v) is 11.0. The van der Waals surface area contributed by atoms with Gasteiger partial charge >= 0.3 is 0 Å². The summed E-state index contributed by atoms with van der Waals surface area (Å²) in [5, 5.41) is 35.7. The van der Waals surface area contributed by atoms with Crippen LogP contribution in [-0.4, -0.2) is 59.4 Å². The van der Waals surface area contributed by atoms with Gasteiger partial charge in [-0.25, -0.2) is 0 Å². The topological polar surface area (TPSA) is 136 Å². The third kappa shape index (κ3) is 4.60. The molecule has 4 aliphatic rings. The van der Waals surface area contributed by atoms with E-state index in [1.165, 1.54) is 11.8 Å². The normalized spacial score (nSPS) is 36.7. The second-order valence-corrected chi connectivity index (χ2v) is 13.0. The lowest BCUT2D eigenvalue weighted by atomic mass is 9.45. The number of nitrogens with one attached hydrogen (secondary N) is 2. The zero-order valence-electron chi connectivity index (χ0n) is 23.6. The summed E-state index contributed by atoms with van der Waals surface area (Å²) in [7, 11) is 1.60. The first kappa shape index (κ1) is 29.2. The molecule has 1 aromatic carbocycles. The van der Waals surface area contributed by atoms with Crippen molar-refractivity contribution in [3.63, 3.8) is 0 Å². The van der Waals surface area contributed by atoms with E-state index < -0.39 is 22.2 Å². The number of methoxy groups -OCH3 is 1. The van der Waals surface area contributed by atoms with Crippen LogP contribution in [0.4, 0.5) is 5.69 Å². The van der Waals surface area contributed by atoms with Gasteiger partial charge in [0.25, 0.3) is 5.91 Å². The molecule has 4 aliphatic carbocycles. The Kier molecular flexibility index (Phi) is 7.91. The van der Waals surface area contributed by atoms with Crippen molar-refractivity contribution in [2.24, 2.45) is 28.6 Å². The molecule has 2 unspecified atom stereocenters. The zero-order valence-corrected chi connectivity index (χ0v) is 24.5. The van der Waals surface area contributed by atoms with Crippen LogP contribution in [0, 0.1) is 34.0 Å². The Morgan fingerprint density at radius 3 is 2.77 bits per heavy atom. The van der Waals surface area contributed by atoms with Crippen molar-refractivity contribution in [3.8, 4) is 0 Å². The molecule has 3 fully saturated rings. The standard InChI is InChI=1S/C31H41N3O5S/c1-29-15-19(17-32)24(34-21-6-4-5-18(13-21)27(36)33-11-12-39-3)14-20(29)7-8-22-23-9-10-31(38,28(37)40)30(23,2)16-25(35)26(22)29/h4-6,13-14,17,22-23,25-26,32,34-35,38H,7-12,15-16H2,1-3H3,(H,33,36)(H,37,40)/p+1/t22-,23?,25-,26?,29-,30-,31-/m0/s1. The Bertz CT molecular complexity index is 1280. The SMILES string of the molecule is COCCNC(=O)c1cccc([NH2+]C2=C(C=N)C[C@@]3(C)C(=C2)CC[C@@H]2C3[C@@H](O)C[C@@]3(C)C2CC[C@]3(O)C(=O)S)c1. The number of aliphatic hydroxyl groups is 2. The molecule has 7 atom stereocenters. The molecule has 0 saturated heterocycles. The van der Waals surface area contributed by atoms with E-state index in [2.05, 4.69) is 30.9 Å². The van der Waals surface area contributed by atoms with Gasteiger partial charge in [-0.1, -0.05) is 25.5 Å². The molecule has 3 saturated carbocycles. The molecule has 0 spiro atoms. The molecule has 216 valence electrons. The number of nitrogens with two attached hydrogens (primary N) is 1. The van der Waals surface area contributed by atoms with Gasteiger partial charge in [-0.3, -0.25) is 14.9 Å². The average Bonchev–Trinajstić information content (AvgIpc) is 3.19. The van der Waals surface area contributed by atoms with E-state index >= 15 is 0 Å². The number of benzene rings is 1. The number of fused-ring (bicyclic) bond motifs is 5. The predicted octanol–water partition coefficient (Wildman–Crippen LogP) is 2.89. The number of allylic oxidation sites excluding steroid dienone is 3. The fourth-order valence-corrected chi connectivity index (χ4v) is 9.03. The lowest BCUT2D eigenvalue weighted by Crippen LogP contribution is -2.76. The van der Waals surface area contributed by atoms with Gasteiger partial charge in [0.05, 0.1) is 12.7 Å². The first-order valence-electron chi connectivity index (χ1n) is 14.3. The summed E-state index contributed by atoms with van der Waals surface area (Å²) < 4.78 is 5.01. The van der Waals surface area contributed by atoms with Crippen molar-refractivity contribution < 1.29 is 29.9 Å². The summed E-state index contributed by atoms with van der Waals surface area (Å²) >= 11 is 4.06. The van der Waals surface area contributed by atoms with Crippen LogP contribution in [0.15, 0.2) is 47.2 Å². The third-order valence-electron chi connectivity index (χ3n) is 10.7. The van der Waals surface area contributed by atoms with E-state index in [1.54, 1.807) is 13.2 Å². The van der Waals surface area contributed by atoms with E-state index in [0.29, 0.717) is 38.0 Å². The molecule has 0 radical (unpaired) electrons. The maximum Gasteiger partial charge on any atom is 0.251 e. The van der Waals surface area contributed by atoms with Crippen LogP contribution in [0.25, 0.3) is 0 Å². The predicted molar refractivity (Wildman–Crippen MR) is 155 cm³/mol.